The molecule has 1 aromatic rings. The van der Waals surface area contributed by atoms with Crippen LogP contribution in [0.15, 0.2) is 18.2 Å². The molecule has 1 aromatic carbocycles. The van der Waals surface area contributed by atoms with Gasteiger partial charge in [-0.3, -0.25) is 0 Å². The van der Waals surface area contributed by atoms with Crippen LogP contribution in [0.3, 0.4) is 0 Å². The minimum Gasteiger partial charge on any atom is -0.377 e. The second-order valence-corrected chi connectivity index (χ2v) is 5.26. The van der Waals surface area contributed by atoms with E-state index in [-0.39, 0.29) is 11.7 Å². The molecule has 5 heteroatoms. The van der Waals surface area contributed by atoms with Crippen molar-refractivity contribution in [2.24, 2.45) is 5.73 Å². The van der Waals surface area contributed by atoms with Crippen LogP contribution < -0.4 is 5.73 Å². The van der Waals surface area contributed by atoms with Gasteiger partial charge in [0.15, 0.2) is 11.6 Å². The molecule has 0 saturated heterocycles. The minimum atomic E-state index is -0.850. The first-order valence-electron chi connectivity index (χ1n) is 6.91. The van der Waals surface area contributed by atoms with Crippen LogP contribution in [-0.4, -0.2) is 37.7 Å². The Morgan fingerprint density at radius 3 is 2.60 bits per heavy atom. The Hall–Kier alpha value is -1.04. The monoisotopic (exact) mass is 286 g/mol. The first-order chi connectivity index (χ1) is 9.41. The third-order valence-electron chi connectivity index (χ3n) is 3.13. The highest BCUT2D eigenvalue weighted by atomic mass is 19.2. The van der Waals surface area contributed by atoms with Crippen molar-refractivity contribution in [3.05, 3.63) is 35.4 Å². The minimum absolute atomic E-state index is 0.215. The SMILES string of the molecule is CC(C)OCCN(C)CCC(N)c1cccc(F)c1F. The molecule has 0 aliphatic rings. The van der Waals surface area contributed by atoms with Crippen molar-refractivity contribution in [3.8, 4) is 0 Å². The quantitative estimate of drug-likeness (QED) is 0.798. The van der Waals surface area contributed by atoms with Gasteiger partial charge in [0, 0.05) is 18.2 Å². The summed E-state index contributed by atoms with van der Waals surface area (Å²) in [6.45, 7) is 6.12. The average molecular weight is 286 g/mol. The first-order valence-corrected chi connectivity index (χ1v) is 6.91. The molecule has 0 bridgehead atoms. The summed E-state index contributed by atoms with van der Waals surface area (Å²) in [5.74, 6) is -1.69. The molecule has 1 rings (SSSR count). The molecule has 114 valence electrons. The number of nitrogens with two attached hydrogens (primary N) is 1. The summed E-state index contributed by atoms with van der Waals surface area (Å²) in [5.41, 5.74) is 6.16. The average Bonchev–Trinajstić information content (AvgIpc) is 2.38. The van der Waals surface area contributed by atoms with Gasteiger partial charge in [0.05, 0.1) is 12.7 Å². The Morgan fingerprint density at radius 2 is 1.95 bits per heavy atom. The summed E-state index contributed by atoms with van der Waals surface area (Å²) in [7, 11) is 1.96. The molecule has 0 saturated carbocycles. The van der Waals surface area contributed by atoms with Crippen LogP contribution in [0.25, 0.3) is 0 Å². The third-order valence-corrected chi connectivity index (χ3v) is 3.13. The number of benzene rings is 1. The van der Waals surface area contributed by atoms with Crippen LogP contribution >= 0.6 is 0 Å². The summed E-state index contributed by atoms with van der Waals surface area (Å²) in [6, 6.07) is 3.61. The fraction of sp³-hybridized carbons (Fsp3) is 0.600. The number of ether oxygens (including phenoxy) is 1. The van der Waals surface area contributed by atoms with Crippen LogP contribution in [0.1, 0.15) is 31.9 Å². The van der Waals surface area contributed by atoms with E-state index in [2.05, 4.69) is 4.90 Å². The molecule has 0 aliphatic heterocycles. The van der Waals surface area contributed by atoms with Crippen molar-refractivity contribution in [3.63, 3.8) is 0 Å². The molecule has 0 amide bonds. The van der Waals surface area contributed by atoms with Gasteiger partial charge in [-0.15, -0.1) is 0 Å². The lowest BCUT2D eigenvalue weighted by molar-refractivity contribution is 0.0634. The molecule has 3 nitrogen and oxygen atoms in total. The highest BCUT2D eigenvalue weighted by Crippen LogP contribution is 2.20. The topological polar surface area (TPSA) is 38.5 Å². The van der Waals surface area contributed by atoms with E-state index < -0.39 is 17.7 Å². The van der Waals surface area contributed by atoms with E-state index >= 15 is 0 Å². The third kappa shape index (κ3) is 5.53. The van der Waals surface area contributed by atoms with Gasteiger partial charge in [-0.25, -0.2) is 8.78 Å². The van der Waals surface area contributed by atoms with Gasteiger partial charge < -0.3 is 15.4 Å². The first kappa shape index (κ1) is 17.0. The zero-order valence-corrected chi connectivity index (χ0v) is 12.4. The van der Waals surface area contributed by atoms with E-state index in [0.29, 0.717) is 19.6 Å². The van der Waals surface area contributed by atoms with E-state index in [0.717, 1.165) is 12.6 Å². The molecule has 20 heavy (non-hydrogen) atoms. The Labute approximate surface area is 119 Å². The van der Waals surface area contributed by atoms with Crippen LogP contribution in [0.5, 0.6) is 0 Å². The van der Waals surface area contributed by atoms with Gasteiger partial charge in [0.1, 0.15) is 0 Å². The molecule has 0 spiro atoms. The van der Waals surface area contributed by atoms with E-state index in [1.165, 1.54) is 12.1 Å². The lowest BCUT2D eigenvalue weighted by atomic mass is 10.0. The lowest BCUT2D eigenvalue weighted by Gasteiger charge is -2.20. The predicted molar refractivity (Wildman–Crippen MR) is 76.5 cm³/mol. The normalized spacial score (nSPS) is 13.2. The molecule has 2 N–H and O–H groups in total. The molecule has 1 atom stereocenters. The van der Waals surface area contributed by atoms with Gasteiger partial charge in [-0.2, -0.15) is 0 Å². The van der Waals surface area contributed by atoms with E-state index in [1.54, 1.807) is 0 Å². The van der Waals surface area contributed by atoms with Crippen LogP contribution in [0, 0.1) is 11.6 Å². The molecule has 0 fully saturated rings. The number of nitrogens with zero attached hydrogens (tertiary/aromatic N) is 1. The van der Waals surface area contributed by atoms with Crippen LogP contribution in [-0.2, 0) is 4.74 Å². The van der Waals surface area contributed by atoms with Crippen molar-refractivity contribution in [2.75, 3.05) is 26.7 Å². The highest BCUT2D eigenvalue weighted by Gasteiger charge is 2.15. The second kappa shape index (κ2) is 8.29. The van der Waals surface area contributed by atoms with Crippen molar-refractivity contribution in [2.45, 2.75) is 32.4 Å². The molecule has 0 aromatic heterocycles. The Balaban J connectivity index is 2.39. The zero-order chi connectivity index (χ0) is 15.1. The maximum Gasteiger partial charge on any atom is 0.163 e. The zero-order valence-electron chi connectivity index (χ0n) is 12.4. The summed E-state index contributed by atoms with van der Waals surface area (Å²) < 4.78 is 32.2. The largest absolute Gasteiger partial charge is 0.377 e. The van der Waals surface area contributed by atoms with Gasteiger partial charge in [-0.1, -0.05) is 12.1 Å². The standard InChI is InChI=1S/C15H24F2N2O/c1-11(2)20-10-9-19(3)8-7-14(18)12-5-4-6-13(16)15(12)17/h4-6,11,14H,7-10,18H2,1-3H3. The fourth-order valence-electron chi connectivity index (χ4n) is 1.88. The van der Waals surface area contributed by atoms with Gasteiger partial charge in [0.2, 0.25) is 0 Å². The van der Waals surface area contributed by atoms with Crippen LogP contribution in [0.4, 0.5) is 8.78 Å². The van der Waals surface area contributed by atoms with Crippen LogP contribution in [0.2, 0.25) is 0 Å². The molecule has 1 unspecified atom stereocenters. The number of likely N-dealkylation sites (N-methyl/N-ethyl adjacent to an activating group) is 1. The smallest absolute Gasteiger partial charge is 0.163 e. The van der Waals surface area contributed by atoms with Crippen molar-refractivity contribution < 1.29 is 13.5 Å². The summed E-state index contributed by atoms with van der Waals surface area (Å²) >= 11 is 0. The summed E-state index contributed by atoms with van der Waals surface area (Å²) in [4.78, 5) is 2.07. The number of hydrogen-bond donors (Lipinski definition) is 1. The highest BCUT2D eigenvalue weighted by molar-refractivity contribution is 5.22. The van der Waals surface area contributed by atoms with Gasteiger partial charge in [0.25, 0.3) is 0 Å². The Kier molecular flexibility index (Phi) is 7.05. The van der Waals surface area contributed by atoms with Gasteiger partial charge in [-0.05, 0) is 39.9 Å². The lowest BCUT2D eigenvalue weighted by Crippen LogP contribution is -2.28. The van der Waals surface area contributed by atoms with E-state index in [4.69, 9.17) is 10.5 Å². The molecular formula is C15H24F2N2O. The number of halogens is 2. The van der Waals surface area contributed by atoms with Crippen molar-refractivity contribution in [1.29, 1.82) is 0 Å². The predicted octanol–water partition coefficient (Wildman–Crippen LogP) is 2.71. The fourth-order valence-corrected chi connectivity index (χ4v) is 1.88. The molecule has 0 aliphatic carbocycles. The molecule has 0 heterocycles. The summed E-state index contributed by atoms with van der Waals surface area (Å²) in [6.07, 6.45) is 0.783. The Morgan fingerprint density at radius 1 is 1.25 bits per heavy atom. The maximum absolute atomic E-state index is 13.6. The van der Waals surface area contributed by atoms with Crippen molar-refractivity contribution in [1.82, 2.24) is 4.90 Å². The van der Waals surface area contributed by atoms with E-state index in [1.807, 2.05) is 20.9 Å². The van der Waals surface area contributed by atoms with Crippen molar-refractivity contribution >= 4 is 0 Å². The Bertz CT molecular complexity index is 413. The second-order valence-electron chi connectivity index (χ2n) is 5.26. The number of hydrogen-bond acceptors (Lipinski definition) is 3. The maximum atomic E-state index is 13.6. The molecular weight excluding hydrogens is 262 g/mol. The molecule has 0 radical (unpaired) electrons. The number of rotatable bonds is 8. The van der Waals surface area contributed by atoms with E-state index in [9.17, 15) is 8.78 Å². The van der Waals surface area contributed by atoms with Gasteiger partial charge >= 0.3 is 0 Å². The summed E-state index contributed by atoms with van der Waals surface area (Å²) in [5, 5.41) is 0.